The zero-order valence-electron chi connectivity index (χ0n) is 15.7. The van der Waals surface area contributed by atoms with Crippen LogP contribution in [0.5, 0.6) is 5.75 Å². The summed E-state index contributed by atoms with van der Waals surface area (Å²) in [5.41, 5.74) is 1.01. The molecule has 0 saturated carbocycles. The highest BCUT2D eigenvalue weighted by molar-refractivity contribution is 6.42. The Kier molecular flexibility index (Phi) is 6.61. The lowest BCUT2D eigenvalue weighted by molar-refractivity contribution is -0.133. The maximum Gasteiger partial charge on any atom is 0.243 e. The van der Waals surface area contributed by atoms with Crippen LogP contribution in [0.2, 0.25) is 10.0 Å². The van der Waals surface area contributed by atoms with Gasteiger partial charge in [0.25, 0.3) is 0 Å². The Labute approximate surface area is 178 Å². The summed E-state index contributed by atoms with van der Waals surface area (Å²) in [5.74, 6) is -0.437. The zero-order chi connectivity index (χ0) is 21.0. The third kappa shape index (κ3) is 5.19. The van der Waals surface area contributed by atoms with Crippen molar-refractivity contribution in [3.8, 4) is 5.75 Å². The van der Waals surface area contributed by atoms with Gasteiger partial charge in [0.05, 0.1) is 35.3 Å². The summed E-state index contributed by atoms with van der Waals surface area (Å²) in [7, 11) is 1.50. The molecule has 3 amide bonds. The third-order valence-corrected chi connectivity index (χ3v) is 5.07. The molecule has 3 rings (SSSR count). The molecule has 152 valence electrons. The van der Waals surface area contributed by atoms with Crippen LogP contribution in [0.15, 0.2) is 42.5 Å². The van der Waals surface area contributed by atoms with Crippen LogP contribution in [-0.4, -0.2) is 49.4 Å². The SMILES string of the molecule is CN(CC(=O)Nc1ccc(Cl)c(Cl)c1)C(=O)CN1C(=O)CCOc2ccccc21. The number of nitrogens with one attached hydrogen (secondary N) is 1. The van der Waals surface area contributed by atoms with E-state index in [9.17, 15) is 14.4 Å². The van der Waals surface area contributed by atoms with Gasteiger partial charge in [0, 0.05) is 12.7 Å². The van der Waals surface area contributed by atoms with Crippen LogP contribution in [0.4, 0.5) is 11.4 Å². The minimum Gasteiger partial charge on any atom is -0.491 e. The number of halogens is 2. The number of hydrogen-bond acceptors (Lipinski definition) is 4. The number of benzene rings is 2. The lowest BCUT2D eigenvalue weighted by Gasteiger charge is -2.24. The van der Waals surface area contributed by atoms with E-state index in [2.05, 4.69) is 5.32 Å². The number of hydrogen-bond donors (Lipinski definition) is 1. The summed E-state index contributed by atoms with van der Waals surface area (Å²) in [6.07, 6.45) is 0.170. The van der Waals surface area contributed by atoms with Gasteiger partial charge >= 0.3 is 0 Å². The average Bonchev–Trinajstić information content (AvgIpc) is 2.83. The Morgan fingerprint density at radius 3 is 2.69 bits per heavy atom. The number of nitrogens with zero attached hydrogens (tertiary/aromatic N) is 2. The van der Waals surface area contributed by atoms with Crippen LogP contribution in [-0.2, 0) is 14.4 Å². The number of ether oxygens (including phenoxy) is 1. The van der Waals surface area contributed by atoms with Crippen molar-refractivity contribution in [3.63, 3.8) is 0 Å². The molecule has 9 heteroatoms. The Bertz CT molecular complexity index is 951. The Hall–Kier alpha value is -2.77. The van der Waals surface area contributed by atoms with Crippen molar-refractivity contribution in [1.82, 2.24) is 4.90 Å². The van der Waals surface area contributed by atoms with Gasteiger partial charge in [-0.15, -0.1) is 0 Å². The fourth-order valence-corrected chi connectivity index (χ4v) is 3.13. The van der Waals surface area contributed by atoms with Gasteiger partial charge in [0.15, 0.2) is 0 Å². The van der Waals surface area contributed by atoms with E-state index in [0.29, 0.717) is 27.2 Å². The molecule has 2 aromatic carbocycles. The van der Waals surface area contributed by atoms with E-state index in [4.69, 9.17) is 27.9 Å². The second-order valence-corrected chi connectivity index (χ2v) is 7.29. The Balaban J connectivity index is 1.63. The van der Waals surface area contributed by atoms with Crippen LogP contribution in [0, 0.1) is 0 Å². The molecule has 0 atom stereocenters. The molecule has 0 bridgehead atoms. The molecule has 7 nitrogen and oxygen atoms in total. The van der Waals surface area contributed by atoms with E-state index < -0.39 is 5.91 Å². The van der Waals surface area contributed by atoms with Crippen LogP contribution >= 0.6 is 23.2 Å². The number of anilines is 2. The second kappa shape index (κ2) is 9.15. The van der Waals surface area contributed by atoms with Gasteiger partial charge in [-0.2, -0.15) is 0 Å². The Morgan fingerprint density at radius 1 is 1.17 bits per heavy atom. The van der Waals surface area contributed by atoms with Crippen LogP contribution < -0.4 is 15.0 Å². The van der Waals surface area contributed by atoms with Crippen molar-refractivity contribution < 1.29 is 19.1 Å². The second-order valence-electron chi connectivity index (χ2n) is 6.47. The van der Waals surface area contributed by atoms with Crippen LogP contribution in [0.3, 0.4) is 0 Å². The van der Waals surface area contributed by atoms with Gasteiger partial charge in [0.2, 0.25) is 17.7 Å². The van der Waals surface area contributed by atoms with Gasteiger partial charge in [-0.3, -0.25) is 19.3 Å². The van der Waals surface area contributed by atoms with E-state index in [-0.39, 0.29) is 37.9 Å². The standard InChI is InChI=1S/C20H19Cl2N3O4/c1-24(11-18(26)23-13-6-7-14(21)15(22)10-13)20(28)12-25-16-4-2-3-5-17(16)29-9-8-19(25)27/h2-7,10H,8-9,11-12H2,1H3,(H,23,26). The summed E-state index contributed by atoms with van der Waals surface area (Å²) < 4.78 is 5.57. The number of carbonyl (C=O) groups excluding carboxylic acids is 3. The fourth-order valence-electron chi connectivity index (χ4n) is 2.83. The molecule has 0 unspecified atom stereocenters. The van der Waals surface area contributed by atoms with Gasteiger partial charge in [-0.1, -0.05) is 35.3 Å². The first kappa shape index (κ1) is 21.0. The van der Waals surface area contributed by atoms with Gasteiger partial charge in [-0.25, -0.2) is 0 Å². The molecule has 2 aromatic rings. The van der Waals surface area contributed by atoms with Gasteiger partial charge in [0.1, 0.15) is 12.3 Å². The van der Waals surface area contributed by atoms with Crippen molar-refractivity contribution in [1.29, 1.82) is 0 Å². The first-order chi connectivity index (χ1) is 13.8. The molecule has 0 spiro atoms. The molecule has 1 aliphatic heterocycles. The normalized spacial score (nSPS) is 13.2. The molecule has 0 fully saturated rings. The number of carbonyl (C=O) groups is 3. The van der Waals surface area contributed by atoms with Crippen LogP contribution in [0.1, 0.15) is 6.42 Å². The van der Waals surface area contributed by atoms with Crippen molar-refractivity contribution in [2.24, 2.45) is 0 Å². The molecule has 0 radical (unpaired) electrons. The smallest absolute Gasteiger partial charge is 0.243 e. The summed E-state index contributed by atoms with van der Waals surface area (Å²) in [4.78, 5) is 40.0. The Morgan fingerprint density at radius 2 is 1.93 bits per heavy atom. The summed E-state index contributed by atoms with van der Waals surface area (Å²) >= 11 is 11.8. The summed E-state index contributed by atoms with van der Waals surface area (Å²) in [6, 6.07) is 11.7. The van der Waals surface area contributed by atoms with Crippen molar-refractivity contribution in [2.45, 2.75) is 6.42 Å². The summed E-state index contributed by atoms with van der Waals surface area (Å²) in [5, 5.41) is 3.35. The third-order valence-electron chi connectivity index (χ3n) is 4.33. The maximum atomic E-state index is 12.6. The number of amides is 3. The molecular weight excluding hydrogens is 417 g/mol. The first-order valence-electron chi connectivity index (χ1n) is 8.86. The molecule has 1 heterocycles. The van der Waals surface area contributed by atoms with E-state index >= 15 is 0 Å². The largest absolute Gasteiger partial charge is 0.491 e. The molecular formula is C20H19Cl2N3O4. The monoisotopic (exact) mass is 435 g/mol. The minimum absolute atomic E-state index is 0.170. The molecule has 1 N–H and O–H groups in total. The van der Waals surface area contributed by atoms with E-state index in [1.807, 2.05) is 0 Å². The van der Waals surface area contributed by atoms with E-state index in [0.717, 1.165) is 0 Å². The van der Waals surface area contributed by atoms with Gasteiger partial charge in [-0.05, 0) is 30.3 Å². The predicted molar refractivity (Wildman–Crippen MR) is 112 cm³/mol. The lowest BCUT2D eigenvalue weighted by atomic mass is 10.2. The maximum absolute atomic E-state index is 12.6. The van der Waals surface area contributed by atoms with Crippen molar-refractivity contribution >= 4 is 52.3 Å². The average molecular weight is 436 g/mol. The number of rotatable bonds is 5. The van der Waals surface area contributed by atoms with E-state index in [1.54, 1.807) is 36.4 Å². The fraction of sp³-hybridized carbons (Fsp3) is 0.250. The number of fused-ring (bicyclic) bond motifs is 1. The van der Waals surface area contributed by atoms with Crippen molar-refractivity contribution in [3.05, 3.63) is 52.5 Å². The minimum atomic E-state index is -0.398. The quantitative estimate of drug-likeness (QED) is 0.781. The topological polar surface area (TPSA) is 79.0 Å². The molecule has 0 aliphatic carbocycles. The molecule has 0 saturated heterocycles. The number of para-hydroxylation sites is 2. The highest BCUT2D eigenvalue weighted by Gasteiger charge is 2.26. The molecule has 29 heavy (non-hydrogen) atoms. The zero-order valence-corrected chi connectivity index (χ0v) is 17.2. The van der Waals surface area contributed by atoms with Crippen LogP contribution in [0.25, 0.3) is 0 Å². The van der Waals surface area contributed by atoms with Crippen molar-refractivity contribution in [2.75, 3.05) is 37.0 Å². The predicted octanol–water partition coefficient (Wildman–Crippen LogP) is 3.21. The van der Waals surface area contributed by atoms with Gasteiger partial charge < -0.3 is 15.0 Å². The summed E-state index contributed by atoms with van der Waals surface area (Å²) in [6.45, 7) is -0.114. The lowest BCUT2D eigenvalue weighted by Crippen LogP contribution is -2.43. The highest BCUT2D eigenvalue weighted by atomic mass is 35.5. The molecule has 1 aliphatic rings. The first-order valence-corrected chi connectivity index (χ1v) is 9.62. The van der Waals surface area contributed by atoms with E-state index in [1.165, 1.54) is 22.9 Å². The highest BCUT2D eigenvalue weighted by Crippen LogP contribution is 2.31. The molecule has 0 aromatic heterocycles. The number of likely N-dealkylation sites (N-methyl/N-ethyl adjacent to an activating group) is 1.